The van der Waals surface area contributed by atoms with Crippen molar-refractivity contribution in [3.8, 4) is 0 Å². The second-order valence-corrected chi connectivity index (χ2v) is 4.82. The SMILES string of the molecule is Cc1c(Br)cc2cc(C(=O)CCl)oc2c1C. The summed E-state index contributed by atoms with van der Waals surface area (Å²) in [5.41, 5.74) is 2.92. The Bertz CT molecular complexity index is 572. The van der Waals surface area contributed by atoms with Gasteiger partial charge in [-0.15, -0.1) is 11.6 Å². The highest BCUT2D eigenvalue weighted by molar-refractivity contribution is 9.10. The molecule has 0 fully saturated rings. The van der Waals surface area contributed by atoms with Crippen molar-refractivity contribution >= 4 is 44.3 Å². The summed E-state index contributed by atoms with van der Waals surface area (Å²) >= 11 is 8.98. The molecule has 1 heterocycles. The molecule has 0 bridgehead atoms. The van der Waals surface area contributed by atoms with Gasteiger partial charge < -0.3 is 4.42 Å². The average molecular weight is 302 g/mol. The summed E-state index contributed by atoms with van der Waals surface area (Å²) in [5.74, 6) is 0.0793. The number of furan rings is 1. The van der Waals surface area contributed by atoms with E-state index in [1.54, 1.807) is 6.07 Å². The number of benzene rings is 1. The van der Waals surface area contributed by atoms with Gasteiger partial charge in [0.1, 0.15) is 5.58 Å². The highest BCUT2D eigenvalue weighted by atomic mass is 79.9. The number of hydrogen-bond donors (Lipinski definition) is 0. The zero-order valence-corrected chi connectivity index (χ0v) is 11.3. The lowest BCUT2D eigenvalue weighted by atomic mass is 10.1. The van der Waals surface area contributed by atoms with Gasteiger partial charge >= 0.3 is 0 Å². The third kappa shape index (κ3) is 1.78. The Labute approximate surface area is 107 Å². The third-order valence-electron chi connectivity index (χ3n) is 2.70. The monoisotopic (exact) mass is 300 g/mol. The van der Waals surface area contributed by atoms with E-state index in [0.29, 0.717) is 5.76 Å². The van der Waals surface area contributed by atoms with E-state index in [9.17, 15) is 4.79 Å². The van der Waals surface area contributed by atoms with Gasteiger partial charge in [-0.2, -0.15) is 0 Å². The van der Waals surface area contributed by atoms with Crippen LogP contribution in [0.25, 0.3) is 11.0 Å². The molecule has 0 spiro atoms. The lowest BCUT2D eigenvalue weighted by molar-refractivity contribution is 0.0992. The Kier molecular flexibility index (Phi) is 3.08. The van der Waals surface area contributed by atoms with Gasteiger partial charge in [-0.1, -0.05) is 15.9 Å². The van der Waals surface area contributed by atoms with Crippen molar-refractivity contribution in [1.82, 2.24) is 0 Å². The maximum atomic E-state index is 11.4. The highest BCUT2D eigenvalue weighted by Crippen LogP contribution is 2.30. The van der Waals surface area contributed by atoms with Crippen LogP contribution in [0.5, 0.6) is 0 Å². The first-order valence-electron chi connectivity index (χ1n) is 4.83. The van der Waals surface area contributed by atoms with E-state index in [2.05, 4.69) is 15.9 Å². The van der Waals surface area contributed by atoms with Crippen molar-refractivity contribution in [3.05, 3.63) is 33.5 Å². The minimum Gasteiger partial charge on any atom is -0.453 e. The molecule has 16 heavy (non-hydrogen) atoms. The van der Waals surface area contributed by atoms with Crippen LogP contribution in [0.1, 0.15) is 21.7 Å². The topological polar surface area (TPSA) is 30.2 Å². The van der Waals surface area contributed by atoms with Crippen molar-refractivity contribution in [2.24, 2.45) is 0 Å². The van der Waals surface area contributed by atoms with E-state index in [-0.39, 0.29) is 11.7 Å². The largest absolute Gasteiger partial charge is 0.453 e. The minimum absolute atomic E-state index is 0.0565. The number of carbonyl (C=O) groups is 1. The molecule has 0 saturated heterocycles. The van der Waals surface area contributed by atoms with Crippen LogP contribution in [0.4, 0.5) is 0 Å². The lowest BCUT2D eigenvalue weighted by Gasteiger charge is -2.02. The standard InChI is InChI=1S/C12H10BrClO2/c1-6-7(2)12-8(3-9(6)13)4-11(16-12)10(15)5-14/h3-4H,5H2,1-2H3. The quantitative estimate of drug-likeness (QED) is 0.613. The molecule has 0 unspecified atom stereocenters. The van der Waals surface area contributed by atoms with Gasteiger partial charge in [0.2, 0.25) is 5.78 Å². The summed E-state index contributed by atoms with van der Waals surface area (Å²) in [4.78, 5) is 11.4. The maximum Gasteiger partial charge on any atom is 0.212 e. The zero-order chi connectivity index (χ0) is 11.9. The molecule has 2 rings (SSSR count). The van der Waals surface area contributed by atoms with Crippen molar-refractivity contribution in [2.45, 2.75) is 13.8 Å². The van der Waals surface area contributed by atoms with Gasteiger partial charge in [0.05, 0.1) is 5.88 Å². The van der Waals surface area contributed by atoms with Crippen molar-refractivity contribution < 1.29 is 9.21 Å². The van der Waals surface area contributed by atoms with Gasteiger partial charge in [-0.3, -0.25) is 4.79 Å². The molecule has 0 N–H and O–H groups in total. The molecule has 2 nitrogen and oxygen atoms in total. The number of Topliss-reactive ketones (excluding diaryl/α,β-unsaturated/α-hetero) is 1. The molecule has 1 aromatic carbocycles. The third-order valence-corrected chi connectivity index (χ3v) is 3.77. The lowest BCUT2D eigenvalue weighted by Crippen LogP contribution is -1.96. The Morgan fingerprint density at radius 3 is 2.69 bits per heavy atom. The molecule has 0 radical (unpaired) electrons. The smallest absolute Gasteiger partial charge is 0.212 e. The van der Waals surface area contributed by atoms with E-state index in [1.807, 2.05) is 19.9 Å². The molecule has 1 aromatic heterocycles. The molecular weight excluding hydrogens is 291 g/mol. The first kappa shape index (κ1) is 11.7. The van der Waals surface area contributed by atoms with E-state index < -0.39 is 0 Å². The first-order valence-corrected chi connectivity index (χ1v) is 6.15. The van der Waals surface area contributed by atoms with Crippen LogP contribution in [0.15, 0.2) is 21.0 Å². The first-order chi connectivity index (χ1) is 7.54. The Morgan fingerprint density at radius 1 is 1.38 bits per heavy atom. The van der Waals surface area contributed by atoms with E-state index in [1.165, 1.54) is 0 Å². The van der Waals surface area contributed by atoms with E-state index in [4.69, 9.17) is 16.0 Å². The molecule has 2 aromatic rings. The molecule has 4 heteroatoms. The second kappa shape index (κ2) is 4.22. The van der Waals surface area contributed by atoms with E-state index in [0.717, 1.165) is 26.6 Å². The number of hydrogen-bond acceptors (Lipinski definition) is 2. The van der Waals surface area contributed by atoms with Gasteiger partial charge in [-0.05, 0) is 37.1 Å². The van der Waals surface area contributed by atoms with Crippen LogP contribution in [0.2, 0.25) is 0 Å². The number of halogens is 2. The number of aryl methyl sites for hydroxylation is 1. The molecule has 0 saturated carbocycles. The second-order valence-electron chi connectivity index (χ2n) is 3.69. The molecular formula is C12H10BrClO2. The molecule has 0 atom stereocenters. The van der Waals surface area contributed by atoms with Gasteiger partial charge in [0.25, 0.3) is 0 Å². The van der Waals surface area contributed by atoms with Crippen LogP contribution in [-0.2, 0) is 0 Å². The Morgan fingerprint density at radius 2 is 2.06 bits per heavy atom. The molecule has 0 amide bonds. The van der Waals surface area contributed by atoms with Crippen molar-refractivity contribution in [1.29, 1.82) is 0 Å². The summed E-state index contributed by atoms with van der Waals surface area (Å²) in [6.45, 7) is 3.98. The van der Waals surface area contributed by atoms with E-state index >= 15 is 0 Å². The predicted octanol–water partition coefficient (Wildman–Crippen LogP) is 4.23. The molecule has 0 aliphatic rings. The fourth-order valence-electron chi connectivity index (χ4n) is 1.60. The summed E-state index contributed by atoms with van der Waals surface area (Å²) in [7, 11) is 0. The summed E-state index contributed by atoms with van der Waals surface area (Å²) < 4.78 is 6.55. The van der Waals surface area contributed by atoms with Crippen LogP contribution in [-0.4, -0.2) is 11.7 Å². The summed E-state index contributed by atoms with van der Waals surface area (Å²) in [6.07, 6.45) is 0. The van der Waals surface area contributed by atoms with Crippen LogP contribution >= 0.6 is 27.5 Å². The number of fused-ring (bicyclic) bond motifs is 1. The summed E-state index contributed by atoms with van der Waals surface area (Å²) in [5, 5.41) is 0.920. The number of alkyl halides is 1. The fraction of sp³-hybridized carbons (Fsp3) is 0.250. The van der Waals surface area contributed by atoms with Crippen molar-refractivity contribution in [2.75, 3.05) is 5.88 Å². The summed E-state index contributed by atoms with van der Waals surface area (Å²) in [6, 6.07) is 3.68. The van der Waals surface area contributed by atoms with Gasteiger partial charge in [0, 0.05) is 9.86 Å². The molecule has 0 aliphatic heterocycles. The Balaban J connectivity index is 2.71. The number of ketones is 1. The normalized spacial score (nSPS) is 11.0. The zero-order valence-electron chi connectivity index (χ0n) is 8.93. The highest BCUT2D eigenvalue weighted by Gasteiger charge is 2.14. The van der Waals surface area contributed by atoms with Crippen LogP contribution < -0.4 is 0 Å². The molecule has 84 valence electrons. The average Bonchev–Trinajstić information content (AvgIpc) is 2.69. The van der Waals surface area contributed by atoms with Crippen LogP contribution in [0.3, 0.4) is 0 Å². The number of carbonyl (C=O) groups excluding carboxylic acids is 1. The minimum atomic E-state index is -0.189. The van der Waals surface area contributed by atoms with Crippen LogP contribution in [0, 0.1) is 13.8 Å². The predicted molar refractivity (Wildman–Crippen MR) is 68.4 cm³/mol. The van der Waals surface area contributed by atoms with Gasteiger partial charge in [-0.25, -0.2) is 0 Å². The van der Waals surface area contributed by atoms with Gasteiger partial charge in [0.15, 0.2) is 5.76 Å². The fourth-order valence-corrected chi connectivity index (χ4v) is 2.28. The Hall–Kier alpha value is -0.800. The number of rotatable bonds is 2. The van der Waals surface area contributed by atoms with Crippen molar-refractivity contribution in [3.63, 3.8) is 0 Å². The maximum absolute atomic E-state index is 11.4. The molecule has 0 aliphatic carbocycles.